The second kappa shape index (κ2) is 25.4. The molecule has 0 radical (unpaired) electrons. The Morgan fingerprint density at radius 3 is 2.02 bits per heavy atom. The number of carbonyl (C=O) groups excluding carboxylic acids is 2. The lowest BCUT2D eigenvalue weighted by Crippen LogP contribution is -2.37. The van der Waals surface area contributed by atoms with Crippen molar-refractivity contribution in [3.8, 4) is 0 Å². The predicted octanol–water partition coefficient (Wildman–Crippen LogP) is 5.07. The third-order valence-corrected chi connectivity index (χ3v) is 5.11. The minimum absolute atomic E-state index is 0. The SMILES string of the molecule is C.CN(C)C=Nc1[nH]c(=O)ncc1F.CN(C)C=Nc1nc(=O)n(C(=O)NCc2ccccc2)cc1F.ClCCl.O=C=NCc1ccccc1. The fourth-order valence-corrected chi connectivity index (χ4v) is 3.03. The maximum atomic E-state index is 13.9. The van der Waals surface area contributed by atoms with Gasteiger partial charge in [-0.05, 0) is 11.1 Å². The normalized spacial score (nSPS) is 9.76. The van der Waals surface area contributed by atoms with Crippen LogP contribution in [0.5, 0.6) is 0 Å². The number of isocyanates is 1. The largest absolute Gasteiger partial charge is 0.369 e. The van der Waals surface area contributed by atoms with E-state index in [1.54, 1.807) is 38.0 Å². The fraction of sp³-hybridized carbons (Fsp3) is 0.250. The maximum absolute atomic E-state index is 13.9. The Labute approximate surface area is 297 Å². The van der Waals surface area contributed by atoms with Crippen molar-refractivity contribution in [1.82, 2.24) is 34.6 Å². The van der Waals surface area contributed by atoms with Crippen molar-refractivity contribution < 1.29 is 18.4 Å². The van der Waals surface area contributed by atoms with E-state index >= 15 is 0 Å². The molecule has 14 nitrogen and oxygen atoms in total. The zero-order valence-corrected chi connectivity index (χ0v) is 28.4. The summed E-state index contributed by atoms with van der Waals surface area (Å²) >= 11 is 9.53. The van der Waals surface area contributed by atoms with E-state index in [1.807, 2.05) is 60.7 Å². The first-order valence-electron chi connectivity index (χ1n) is 13.9. The van der Waals surface area contributed by atoms with Gasteiger partial charge in [-0.1, -0.05) is 68.1 Å². The number of aromatic amines is 1. The standard InChI is InChI=1S/C15H16FN5O2.C8H7NO.C7H9FN4O.CH2Cl2.CH4/c1-20(2)10-18-13-12(16)9-21(15(23)19-13)14(22)17-8-11-6-4-3-5-7-11;10-7-9-6-8-4-2-1-3-5-8;1-12(2)4-10-6-5(8)3-9-7(13)11-6;2-1-3;/h3-7,9-10H,8H2,1-2H3,(H,17,22);1-5H,6H2;3-4H,1-2H3,(H,9,11,13);1H2;1H4. The van der Waals surface area contributed by atoms with Gasteiger partial charge < -0.3 is 15.1 Å². The molecule has 0 aliphatic carbocycles. The number of nitrogens with one attached hydrogen (secondary N) is 2. The van der Waals surface area contributed by atoms with Gasteiger partial charge in [-0.15, -0.1) is 23.2 Å². The monoisotopic (exact) mass is 734 g/mol. The Bertz CT molecular complexity index is 1800. The third-order valence-electron chi connectivity index (χ3n) is 5.11. The number of rotatable bonds is 8. The number of halogens is 4. The lowest BCUT2D eigenvalue weighted by Gasteiger charge is -2.08. The summed E-state index contributed by atoms with van der Waals surface area (Å²) in [7, 11) is 6.86. The molecule has 1 amide bonds. The van der Waals surface area contributed by atoms with Crippen LogP contribution in [-0.4, -0.2) is 87.6 Å². The van der Waals surface area contributed by atoms with E-state index < -0.39 is 29.0 Å². The predicted molar refractivity (Wildman–Crippen MR) is 193 cm³/mol. The molecule has 0 aliphatic rings. The fourth-order valence-electron chi connectivity index (χ4n) is 3.03. The second-order valence-electron chi connectivity index (χ2n) is 9.50. The molecule has 18 heteroatoms. The van der Waals surface area contributed by atoms with Crippen molar-refractivity contribution in [2.45, 2.75) is 20.5 Å². The van der Waals surface area contributed by atoms with Gasteiger partial charge in [-0.25, -0.2) is 47.5 Å². The van der Waals surface area contributed by atoms with Gasteiger partial charge >= 0.3 is 17.4 Å². The highest BCUT2D eigenvalue weighted by Gasteiger charge is 2.13. The number of nitrogens with zero attached hydrogens (tertiary/aromatic N) is 8. The number of aromatic nitrogens is 4. The first-order chi connectivity index (χ1) is 23.4. The summed E-state index contributed by atoms with van der Waals surface area (Å²) in [5, 5.41) is 2.72. The van der Waals surface area contributed by atoms with Crippen LogP contribution in [0.3, 0.4) is 0 Å². The van der Waals surface area contributed by atoms with Crippen LogP contribution in [0, 0.1) is 11.6 Å². The highest BCUT2D eigenvalue weighted by atomic mass is 35.5. The first-order valence-corrected chi connectivity index (χ1v) is 15.0. The Kier molecular flexibility index (Phi) is 22.6. The molecule has 0 fully saturated rings. The van der Waals surface area contributed by atoms with Crippen molar-refractivity contribution in [3.63, 3.8) is 0 Å². The summed E-state index contributed by atoms with van der Waals surface area (Å²) in [5.41, 5.74) is 0.371. The molecule has 2 aromatic heterocycles. The molecule has 4 aromatic rings. The summed E-state index contributed by atoms with van der Waals surface area (Å²) in [6.45, 7) is 0.651. The van der Waals surface area contributed by atoms with E-state index in [0.717, 1.165) is 23.5 Å². The molecule has 268 valence electrons. The molecule has 0 saturated carbocycles. The lowest BCUT2D eigenvalue weighted by molar-refractivity contribution is 0.240. The summed E-state index contributed by atoms with van der Waals surface area (Å²) in [6, 6.07) is 18.0. The minimum Gasteiger partial charge on any atom is -0.369 e. The van der Waals surface area contributed by atoms with Crippen molar-refractivity contribution in [1.29, 1.82) is 0 Å². The smallest absolute Gasteiger partial charge is 0.358 e. The van der Waals surface area contributed by atoms with Gasteiger partial charge in [-0.2, -0.15) is 9.97 Å². The van der Waals surface area contributed by atoms with Crippen LogP contribution < -0.4 is 16.7 Å². The van der Waals surface area contributed by atoms with Crippen LogP contribution in [0.25, 0.3) is 0 Å². The van der Waals surface area contributed by atoms with Gasteiger partial charge in [0.1, 0.15) is 0 Å². The summed E-state index contributed by atoms with van der Waals surface area (Å²) in [4.78, 5) is 67.0. The van der Waals surface area contributed by atoms with Crippen molar-refractivity contribution in [2.24, 2.45) is 15.0 Å². The summed E-state index contributed by atoms with van der Waals surface area (Å²) in [6.07, 6.45) is 5.79. The molecule has 2 heterocycles. The highest BCUT2D eigenvalue weighted by Crippen LogP contribution is 2.10. The van der Waals surface area contributed by atoms with Gasteiger partial charge in [-0.3, -0.25) is 4.98 Å². The number of carbonyl (C=O) groups is 1. The zero-order chi connectivity index (χ0) is 36.6. The molecular formula is C32H38Cl2F2N10O4. The van der Waals surface area contributed by atoms with Crippen molar-refractivity contribution in [2.75, 3.05) is 33.5 Å². The Hall–Kier alpha value is -5.57. The summed E-state index contributed by atoms with van der Waals surface area (Å²) in [5.74, 6) is -2.00. The second-order valence-corrected chi connectivity index (χ2v) is 10.3. The van der Waals surface area contributed by atoms with E-state index in [0.29, 0.717) is 11.1 Å². The molecule has 0 atom stereocenters. The lowest BCUT2D eigenvalue weighted by atomic mass is 10.2. The van der Waals surface area contributed by atoms with E-state index in [-0.39, 0.29) is 30.9 Å². The number of aliphatic imine (C=N–C) groups is 3. The molecule has 0 aliphatic heterocycles. The zero-order valence-electron chi connectivity index (χ0n) is 26.9. The molecule has 4 rings (SSSR count). The number of alkyl halides is 2. The number of benzene rings is 2. The Morgan fingerprint density at radius 1 is 0.940 bits per heavy atom. The van der Waals surface area contributed by atoms with Crippen LogP contribution >= 0.6 is 23.2 Å². The molecule has 2 aromatic carbocycles. The van der Waals surface area contributed by atoms with Gasteiger partial charge in [0.05, 0.1) is 37.0 Å². The molecular weight excluding hydrogens is 697 g/mol. The van der Waals surface area contributed by atoms with Crippen LogP contribution in [0.1, 0.15) is 18.6 Å². The van der Waals surface area contributed by atoms with Crippen molar-refractivity contribution in [3.05, 3.63) is 117 Å². The highest BCUT2D eigenvalue weighted by molar-refractivity contribution is 6.40. The van der Waals surface area contributed by atoms with E-state index in [1.165, 1.54) is 18.8 Å². The van der Waals surface area contributed by atoms with Crippen LogP contribution in [0.15, 0.2) is 97.6 Å². The Morgan fingerprint density at radius 2 is 1.48 bits per heavy atom. The maximum Gasteiger partial charge on any atom is 0.358 e. The number of hydrogen-bond acceptors (Lipinski definition) is 9. The molecule has 0 unspecified atom stereocenters. The molecule has 0 bridgehead atoms. The van der Waals surface area contributed by atoms with Crippen LogP contribution in [0.4, 0.5) is 25.2 Å². The van der Waals surface area contributed by atoms with E-state index in [2.05, 4.69) is 35.2 Å². The quantitative estimate of drug-likeness (QED) is 0.109. The van der Waals surface area contributed by atoms with Gasteiger partial charge in [0.15, 0.2) is 23.3 Å². The Balaban J connectivity index is 0.000000751. The van der Waals surface area contributed by atoms with Crippen molar-refractivity contribution >= 4 is 59.6 Å². The first kappa shape index (κ1) is 44.4. The number of amides is 1. The van der Waals surface area contributed by atoms with Gasteiger partial charge in [0, 0.05) is 34.7 Å². The topological polar surface area (TPSA) is 170 Å². The third kappa shape index (κ3) is 18.7. The average molecular weight is 736 g/mol. The van der Waals surface area contributed by atoms with Gasteiger partial charge in [0.25, 0.3) is 0 Å². The molecule has 0 spiro atoms. The van der Waals surface area contributed by atoms with Crippen LogP contribution in [-0.2, 0) is 17.9 Å². The van der Waals surface area contributed by atoms with Crippen LogP contribution in [0.2, 0.25) is 0 Å². The van der Waals surface area contributed by atoms with E-state index in [9.17, 15) is 28.0 Å². The number of H-pyrrole nitrogens is 1. The average Bonchev–Trinajstić information content (AvgIpc) is 3.08. The van der Waals surface area contributed by atoms with Gasteiger partial charge in [0.2, 0.25) is 6.08 Å². The number of hydrogen-bond donors (Lipinski definition) is 2. The summed E-state index contributed by atoms with van der Waals surface area (Å²) < 4.78 is 27.3. The van der Waals surface area contributed by atoms with E-state index in [4.69, 9.17) is 23.2 Å². The molecule has 2 N–H and O–H groups in total. The minimum atomic E-state index is -0.900. The molecule has 0 saturated heterocycles. The molecule has 50 heavy (non-hydrogen) atoms.